The Kier molecular flexibility index (Phi) is 5.70. The summed E-state index contributed by atoms with van der Waals surface area (Å²) >= 11 is 1.34. The molecule has 2 aromatic heterocycles. The van der Waals surface area contributed by atoms with Gasteiger partial charge in [0.25, 0.3) is 0 Å². The molecule has 0 saturated carbocycles. The number of nitrogens with zero attached hydrogens (tertiary/aromatic N) is 2. The predicted molar refractivity (Wildman–Crippen MR) is 104 cm³/mol. The quantitative estimate of drug-likeness (QED) is 0.554. The Labute approximate surface area is 163 Å². The van der Waals surface area contributed by atoms with Crippen molar-refractivity contribution in [3.63, 3.8) is 0 Å². The maximum Gasteiger partial charge on any atom is 0.325 e. The van der Waals surface area contributed by atoms with Gasteiger partial charge < -0.3 is 5.32 Å². The zero-order chi connectivity index (χ0) is 20.3. The number of nitrogens with one attached hydrogen (secondary N) is 3. The van der Waals surface area contributed by atoms with Crippen LogP contribution in [0.15, 0.2) is 29.9 Å². The monoisotopic (exact) mass is 427 g/mol. The van der Waals surface area contributed by atoms with Crippen LogP contribution in [-0.2, 0) is 10.0 Å². The second-order valence-corrected chi connectivity index (χ2v) is 8.38. The van der Waals surface area contributed by atoms with Crippen molar-refractivity contribution in [2.75, 3.05) is 21.1 Å². The van der Waals surface area contributed by atoms with E-state index in [1.54, 1.807) is 18.4 Å². The summed E-state index contributed by atoms with van der Waals surface area (Å²) in [6, 6.07) is 2.54. The lowest BCUT2D eigenvalue weighted by Crippen LogP contribution is -2.23. The van der Waals surface area contributed by atoms with Crippen LogP contribution in [0.2, 0.25) is 0 Å². The molecule has 12 heteroatoms. The number of hydrogen-bond acceptors (Lipinski definition) is 6. The minimum Gasteiger partial charge on any atom is -0.302 e. The SMILES string of the molecule is CCCS(=O)(=O)Nc1ccc(F)c(NC(=O)Nc2ncnc3sccc23)c1F. The fourth-order valence-corrected chi connectivity index (χ4v) is 4.24. The Bertz CT molecular complexity index is 1130. The summed E-state index contributed by atoms with van der Waals surface area (Å²) in [5, 5.41) is 6.78. The third-order valence-electron chi connectivity index (χ3n) is 3.56. The van der Waals surface area contributed by atoms with Gasteiger partial charge in [0, 0.05) is 0 Å². The van der Waals surface area contributed by atoms with Crippen LogP contribution < -0.4 is 15.4 Å². The van der Waals surface area contributed by atoms with Gasteiger partial charge in [0.2, 0.25) is 10.0 Å². The van der Waals surface area contributed by atoms with Crippen LogP contribution in [0.3, 0.4) is 0 Å². The number of amides is 2. The van der Waals surface area contributed by atoms with E-state index in [0.717, 1.165) is 12.1 Å². The molecule has 0 atom stereocenters. The van der Waals surface area contributed by atoms with Crippen molar-refractivity contribution >= 4 is 54.8 Å². The van der Waals surface area contributed by atoms with Crippen LogP contribution in [0.4, 0.5) is 30.8 Å². The first-order chi connectivity index (χ1) is 13.3. The van der Waals surface area contributed by atoms with Gasteiger partial charge >= 0.3 is 6.03 Å². The number of aromatic nitrogens is 2. The number of fused-ring (bicyclic) bond motifs is 1. The van der Waals surface area contributed by atoms with Crippen molar-refractivity contribution in [3.8, 4) is 0 Å². The molecule has 0 aliphatic heterocycles. The standard InChI is InChI=1S/C16H15F2N5O3S2/c1-2-7-28(25,26)23-11-4-3-10(17)13(12(11)18)21-16(24)22-14-9-5-6-27-15(9)20-8-19-14/h3-6,8,23H,2,7H2,1H3,(H2,19,20,21,22,24). The van der Waals surface area contributed by atoms with E-state index >= 15 is 0 Å². The number of hydrogen-bond donors (Lipinski definition) is 3. The Hall–Kier alpha value is -2.86. The van der Waals surface area contributed by atoms with Crippen molar-refractivity contribution in [3.05, 3.63) is 41.5 Å². The fraction of sp³-hybridized carbons (Fsp3) is 0.188. The van der Waals surface area contributed by atoms with E-state index in [0.29, 0.717) is 16.6 Å². The molecule has 3 N–H and O–H groups in total. The molecule has 0 aliphatic carbocycles. The zero-order valence-electron chi connectivity index (χ0n) is 14.5. The van der Waals surface area contributed by atoms with Gasteiger partial charge in [0.05, 0.1) is 16.8 Å². The van der Waals surface area contributed by atoms with Crippen molar-refractivity contribution in [2.45, 2.75) is 13.3 Å². The molecule has 1 aromatic carbocycles. The van der Waals surface area contributed by atoms with E-state index in [9.17, 15) is 22.0 Å². The predicted octanol–water partition coefficient (Wildman–Crippen LogP) is 3.77. The third-order valence-corrected chi connectivity index (χ3v) is 5.86. The summed E-state index contributed by atoms with van der Waals surface area (Å²) in [5.41, 5.74) is -1.25. The highest BCUT2D eigenvalue weighted by atomic mass is 32.2. The highest BCUT2D eigenvalue weighted by Gasteiger charge is 2.20. The molecular formula is C16H15F2N5O3S2. The molecule has 0 saturated heterocycles. The molecule has 148 valence electrons. The average molecular weight is 427 g/mol. The summed E-state index contributed by atoms with van der Waals surface area (Å²) in [6.07, 6.45) is 1.57. The van der Waals surface area contributed by atoms with E-state index in [-0.39, 0.29) is 11.6 Å². The number of sulfonamides is 1. The van der Waals surface area contributed by atoms with Gasteiger partial charge in [-0.2, -0.15) is 0 Å². The smallest absolute Gasteiger partial charge is 0.302 e. The molecule has 3 aromatic rings. The topological polar surface area (TPSA) is 113 Å². The highest BCUT2D eigenvalue weighted by molar-refractivity contribution is 7.92. The number of halogens is 2. The molecule has 0 unspecified atom stereocenters. The van der Waals surface area contributed by atoms with Gasteiger partial charge in [-0.05, 0) is 30.0 Å². The molecule has 0 radical (unpaired) electrons. The Morgan fingerprint density at radius 2 is 1.96 bits per heavy atom. The lowest BCUT2D eigenvalue weighted by Gasteiger charge is -2.13. The van der Waals surface area contributed by atoms with E-state index in [2.05, 4.69) is 20.6 Å². The van der Waals surface area contributed by atoms with Gasteiger partial charge in [-0.1, -0.05) is 6.92 Å². The molecule has 2 amide bonds. The lowest BCUT2D eigenvalue weighted by molar-refractivity contribution is 0.262. The Balaban J connectivity index is 1.82. The number of rotatable bonds is 6. The number of urea groups is 1. The molecule has 3 rings (SSSR count). The summed E-state index contributed by atoms with van der Waals surface area (Å²) < 4.78 is 54.3. The first kappa shape index (κ1) is 19.9. The number of carbonyl (C=O) groups excluding carboxylic acids is 1. The van der Waals surface area contributed by atoms with Gasteiger partial charge in [0.15, 0.2) is 5.82 Å². The molecule has 0 bridgehead atoms. The summed E-state index contributed by atoms with van der Waals surface area (Å²) in [5.74, 6) is -2.35. The molecule has 0 fully saturated rings. The number of carbonyl (C=O) groups is 1. The van der Waals surface area contributed by atoms with Crippen molar-refractivity contribution in [1.29, 1.82) is 0 Å². The van der Waals surface area contributed by atoms with Gasteiger partial charge in [-0.25, -0.2) is 32.0 Å². The number of anilines is 3. The minimum atomic E-state index is -3.79. The first-order valence-corrected chi connectivity index (χ1v) is 10.6. The highest BCUT2D eigenvalue weighted by Crippen LogP contribution is 2.28. The van der Waals surface area contributed by atoms with Gasteiger partial charge in [-0.3, -0.25) is 10.0 Å². The van der Waals surface area contributed by atoms with E-state index in [4.69, 9.17) is 0 Å². The first-order valence-electron chi connectivity index (χ1n) is 8.05. The molecule has 0 aliphatic rings. The van der Waals surface area contributed by atoms with Crippen LogP contribution in [-0.4, -0.2) is 30.2 Å². The molecular weight excluding hydrogens is 412 g/mol. The lowest BCUT2D eigenvalue weighted by atomic mass is 10.2. The minimum absolute atomic E-state index is 0.171. The molecule has 8 nitrogen and oxygen atoms in total. The molecule has 0 spiro atoms. The van der Waals surface area contributed by atoms with Crippen LogP contribution >= 0.6 is 11.3 Å². The van der Waals surface area contributed by atoms with Crippen molar-refractivity contribution in [2.24, 2.45) is 0 Å². The maximum atomic E-state index is 14.6. The van der Waals surface area contributed by atoms with Crippen LogP contribution in [0, 0.1) is 11.6 Å². The summed E-state index contributed by atoms with van der Waals surface area (Å²) in [6.45, 7) is 1.65. The second kappa shape index (κ2) is 8.02. The molecule has 28 heavy (non-hydrogen) atoms. The van der Waals surface area contributed by atoms with E-state index < -0.39 is 39.1 Å². The largest absolute Gasteiger partial charge is 0.325 e. The summed E-state index contributed by atoms with van der Waals surface area (Å²) in [4.78, 5) is 20.8. The number of benzene rings is 1. The van der Waals surface area contributed by atoms with Crippen LogP contribution in [0.25, 0.3) is 10.2 Å². The Morgan fingerprint density at radius 1 is 1.18 bits per heavy atom. The van der Waals surface area contributed by atoms with Crippen molar-refractivity contribution in [1.82, 2.24) is 9.97 Å². The normalized spacial score (nSPS) is 11.4. The Morgan fingerprint density at radius 3 is 2.71 bits per heavy atom. The molecule has 2 heterocycles. The maximum absolute atomic E-state index is 14.6. The van der Waals surface area contributed by atoms with Gasteiger partial charge in [-0.15, -0.1) is 11.3 Å². The average Bonchev–Trinajstić information content (AvgIpc) is 3.11. The van der Waals surface area contributed by atoms with E-state index in [1.165, 1.54) is 17.7 Å². The fourth-order valence-electron chi connectivity index (χ4n) is 2.38. The van der Waals surface area contributed by atoms with Crippen LogP contribution in [0.1, 0.15) is 13.3 Å². The zero-order valence-corrected chi connectivity index (χ0v) is 16.1. The van der Waals surface area contributed by atoms with E-state index in [1.807, 2.05) is 4.72 Å². The number of thiophene rings is 1. The van der Waals surface area contributed by atoms with Gasteiger partial charge in [0.1, 0.15) is 28.5 Å². The van der Waals surface area contributed by atoms with Crippen LogP contribution in [0.5, 0.6) is 0 Å². The third kappa shape index (κ3) is 4.34. The summed E-state index contributed by atoms with van der Waals surface area (Å²) in [7, 11) is -3.79. The van der Waals surface area contributed by atoms with Crippen molar-refractivity contribution < 1.29 is 22.0 Å². The second-order valence-electron chi connectivity index (χ2n) is 5.65.